The third-order valence-electron chi connectivity index (χ3n) is 3.35. The Hall–Kier alpha value is 0.250. The van der Waals surface area contributed by atoms with Gasteiger partial charge in [-0.3, -0.25) is 0 Å². The maximum Gasteiger partial charge on any atom is 0.0226 e. The van der Waals surface area contributed by atoms with Gasteiger partial charge in [0.2, 0.25) is 0 Å². The SMILES string of the molecule is CCCCCCCCNCC(CCC)CCCl. The molecule has 0 fully saturated rings. The molecule has 1 N–H and O–H groups in total. The molecule has 2 heteroatoms. The molecule has 0 spiro atoms. The van der Waals surface area contributed by atoms with E-state index in [0.29, 0.717) is 0 Å². The maximum atomic E-state index is 5.82. The van der Waals surface area contributed by atoms with Crippen LogP contribution in [0.3, 0.4) is 0 Å². The second-order valence-electron chi connectivity index (χ2n) is 5.10. The molecule has 1 nitrogen and oxygen atoms in total. The first-order valence-electron chi connectivity index (χ1n) is 7.61. The van der Waals surface area contributed by atoms with Crippen molar-refractivity contribution in [1.82, 2.24) is 5.32 Å². The highest BCUT2D eigenvalue weighted by Crippen LogP contribution is 2.11. The highest BCUT2D eigenvalue weighted by atomic mass is 35.5. The van der Waals surface area contributed by atoms with Crippen molar-refractivity contribution in [2.24, 2.45) is 5.92 Å². The molecule has 17 heavy (non-hydrogen) atoms. The molecule has 0 rings (SSSR count). The molecule has 104 valence electrons. The second-order valence-corrected chi connectivity index (χ2v) is 5.48. The molecular weight excluding hydrogens is 230 g/mol. The standard InChI is InChI=1S/C15H32ClN/c1-3-5-6-7-8-9-13-17-14-15(10-4-2)11-12-16/h15,17H,3-14H2,1-2H3. The molecule has 0 radical (unpaired) electrons. The van der Waals surface area contributed by atoms with Crippen molar-refractivity contribution in [3.05, 3.63) is 0 Å². The first-order valence-corrected chi connectivity index (χ1v) is 8.15. The second kappa shape index (κ2) is 14.3. The summed E-state index contributed by atoms with van der Waals surface area (Å²) in [5, 5.41) is 3.59. The first-order chi connectivity index (χ1) is 8.35. The summed E-state index contributed by atoms with van der Waals surface area (Å²) in [7, 11) is 0. The Morgan fingerprint density at radius 2 is 1.59 bits per heavy atom. The lowest BCUT2D eigenvalue weighted by Crippen LogP contribution is -2.24. The van der Waals surface area contributed by atoms with E-state index in [2.05, 4.69) is 19.2 Å². The number of nitrogens with one attached hydrogen (secondary N) is 1. The monoisotopic (exact) mass is 261 g/mol. The lowest BCUT2D eigenvalue weighted by Gasteiger charge is -2.15. The fourth-order valence-corrected chi connectivity index (χ4v) is 2.56. The van der Waals surface area contributed by atoms with E-state index in [4.69, 9.17) is 11.6 Å². The van der Waals surface area contributed by atoms with Crippen LogP contribution < -0.4 is 5.32 Å². The smallest absolute Gasteiger partial charge is 0.0226 e. The third kappa shape index (κ3) is 12.5. The van der Waals surface area contributed by atoms with Gasteiger partial charge in [0.1, 0.15) is 0 Å². The Balaban J connectivity index is 3.23. The van der Waals surface area contributed by atoms with Crippen LogP contribution >= 0.6 is 11.6 Å². The zero-order chi connectivity index (χ0) is 12.8. The van der Waals surface area contributed by atoms with E-state index in [-0.39, 0.29) is 0 Å². The minimum atomic E-state index is 0.789. The number of hydrogen-bond acceptors (Lipinski definition) is 1. The largest absolute Gasteiger partial charge is 0.316 e. The first kappa shape index (κ1) is 17.2. The summed E-state index contributed by atoms with van der Waals surface area (Å²) < 4.78 is 0. The lowest BCUT2D eigenvalue weighted by molar-refractivity contribution is 0.426. The summed E-state index contributed by atoms with van der Waals surface area (Å²) in [5.74, 6) is 1.60. The summed E-state index contributed by atoms with van der Waals surface area (Å²) >= 11 is 5.82. The molecule has 0 aliphatic carbocycles. The minimum Gasteiger partial charge on any atom is -0.316 e. The zero-order valence-corrected chi connectivity index (χ0v) is 12.7. The average Bonchev–Trinajstić information content (AvgIpc) is 2.33. The van der Waals surface area contributed by atoms with Gasteiger partial charge in [0.15, 0.2) is 0 Å². The highest BCUT2D eigenvalue weighted by Gasteiger charge is 2.05. The van der Waals surface area contributed by atoms with Crippen molar-refractivity contribution in [2.45, 2.75) is 71.6 Å². The van der Waals surface area contributed by atoms with Gasteiger partial charge in [0.25, 0.3) is 0 Å². The lowest BCUT2D eigenvalue weighted by atomic mass is 10.0. The van der Waals surface area contributed by atoms with Crippen LogP contribution in [0.25, 0.3) is 0 Å². The van der Waals surface area contributed by atoms with Crippen LogP contribution in [0.1, 0.15) is 71.6 Å². The van der Waals surface area contributed by atoms with Crippen molar-refractivity contribution in [1.29, 1.82) is 0 Å². The zero-order valence-electron chi connectivity index (χ0n) is 11.9. The van der Waals surface area contributed by atoms with Crippen LogP contribution in [0.4, 0.5) is 0 Å². The molecule has 0 aromatic rings. The van der Waals surface area contributed by atoms with E-state index in [1.54, 1.807) is 0 Å². The maximum absolute atomic E-state index is 5.82. The molecule has 0 aliphatic heterocycles. The van der Waals surface area contributed by atoms with Crippen LogP contribution in [0, 0.1) is 5.92 Å². The van der Waals surface area contributed by atoms with E-state index in [1.807, 2.05) is 0 Å². The normalized spacial score (nSPS) is 12.9. The number of unbranched alkanes of at least 4 members (excludes halogenated alkanes) is 5. The molecule has 0 aromatic carbocycles. The van der Waals surface area contributed by atoms with Crippen molar-refractivity contribution < 1.29 is 0 Å². The van der Waals surface area contributed by atoms with E-state index < -0.39 is 0 Å². The summed E-state index contributed by atoms with van der Waals surface area (Å²) in [6.07, 6.45) is 12.1. The fourth-order valence-electron chi connectivity index (χ4n) is 2.25. The van der Waals surface area contributed by atoms with Gasteiger partial charge in [-0.1, -0.05) is 52.4 Å². The quantitative estimate of drug-likeness (QED) is 0.364. The molecule has 0 aliphatic rings. The molecule has 0 saturated heterocycles. The van der Waals surface area contributed by atoms with E-state index in [0.717, 1.165) is 18.3 Å². The molecule has 1 unspecified atom stereocenters. The van der Waals surface area contributed by atoms with Crippen LogP contribution in [-0.2, 0) is 0 Å². The van der Waals surface area contributed by atoms with Crippen molar-refractivity contribution in [3.8, 4) is 0 Å². The number of hydrogen-bond donors (Lipinski definition) is 1. The molecule has 0 amide bonds. The van der Waals surface area contributed by atoms with E-state index >= 15 is 0 Å². The summed E-state index contributed by atoms with van der Waals surface area (Å²) in [5.41, 5.74) is 0. The third-order valence-corrected chi connectivity index (χ3v) is 3.57. The summed E-state index contributed by atoms with van der Waals surface area (Å²) in [4.78, 5) is 0. The number of rotatable bonds is 13. The summed E-state index contributed by atoms with van der Waals surface area (Å²) in [6.45, 7) is 6.88. The van der Waals surface area contributed by atoms with Crippen molar-refractivity contribution in [2.75, 3.05) is 19.0 Å². The highest BCUT2D eigenvalue weighted by molar-refractivity contribution is 6.17. The van der Waals surface area contributed by atoms with Crippen LogP contribution in [0.5, 0.6) is 0 Å². The molecule has 0 saturated carbocycles. The Labute approximate surface area is 114 Å². The van der Waals surface area contributed by atoms with Gasteiger partial charge in [0.05, 0.1) is 0 Å². The Morgan fingerprint density at radius 1 is 0.882 bits per heavy atom. The number of halogens is 1. The molecular formula is C15H32ClN. The predicted octanol–water partition coefficient (Wildman–Crippen LogP) is 4.98. The fraction of sp³-hybridized carbons (Fsp3) is 1.00. The molecule has 0 heterocycles. The number of alkyl halides is 1. The van der Waals surface area contributed by atoms with Gasteiger partial charge in [-0.2, -0.15) is 0 Å². The van der Waals surface area contributed by atoms with Crippen molar-refractivity contribution in [3.63, 3.8) is 0 Å². The van der Waals surface area contributed by atoms with Gasteiger partial charge in [0, 0.05) is 5.88 Å². The van der Waals surface area contributed by atoms with Crippen molar-refractivity contribution >= 4 is 11.6 Å². The topological polar surface area (TPSA) is 12.0 Å². The Kier molecular flexibility index (Phi) is 14.5. The van der Waals surface area contributed by atoms with Gasteiger partial charge in [-0.15, -0.1) is 11.6 Å². The Morgan fingerprint density at radius 3 is 2.24 bits per heavy atom. The average molecular weight is 262 g/mol. The predicted molar refractivity (Wildman–Crippen MR) is 80.0 cm³/mol. The van der Waals surface area contributed by atoms with Gasteiger partial charge >= 0.3 is 0 Å². The molecule has 0 aromatic heterocycles. The van der Waals surface area contributed by atoms with Crippen LogP contribution in [0.2, 0.25) is 0 Å². The van der Waals surface area contributed by atoms with Crippen LogP contribution in [-0.4, -0.2) is 19.0 Å². The van der Waals surface area contributed by atoms with E-state index in [9.17, 15) is 0 Å². The molecule has 0 bridgehead atoms. The van der Waals surface area contributed by atoms with Crippen LogP contribution in [0.15, 0.2) is 0 Å². The van der Waals surface area contributed by atoms with Gasteiger partial charge < -0.3 is 5.32 Å². The van der Waals surface area contributed by atoms with Gasteiger partial charge in [-0.05, 0) is 38.3 Å². The molecule has 1 atom stereocenters. The summed E-state index contributed by atoms with van der Waals surface area (Å²) in [6, 6.07) is 0. The Bertz CT molecular complexity index is 133. The minimum absolute atomic E-state index is 0.789. The van der Waals surface area contributed by atoms with Gasteiger partial charge in [-0.25, -0.2) is 0 Å². The van der Waals surface area contributed by atoms with E-state index in [1.165, 1.54) is 64.3 Å².